The molecule has 0 radical (unpaired) electrons. The lowest BCUT2D eigenvalue weighted by Crippen LogP contribution is -2.50. The van der Waals surface area contributed by atoms with Crippen LogP contribution in [0.4, 0.5) is 0 Å². The summed E-state index contributed by atoms with van der Waals surface area (Å²) in [6.45, 7) is 1.82. The van der Waals surface area contributed by atoms with Crippen LogP contribution >= 0.6 is 0 Å². The van der Waals surface area contributed by atoms with Gasteiger partial charge in [-0.05, 0) is 32.2 Å². The fourth-order valence-electron chi connectivity index (χ4n) is 2.80. The van der Waals surface area contributed by atoms with E-state index in [0.29, 0.717) is 6.04 Å². The SMILES string of the molecule is OC1CCCN([C@H]2CCCC[C@@H]2O)C1. The van der Waals surface area contributed by atoms with Gasteiger partial charge in [-0.25, -0.2) is 0 Å². The average Bonchev–Trinajstić information content (AvgIpc) is 2.18. The highest BCUT2D eigenvalue weighted by atomic mass is 16.3. The Morgan fingerprint density at radius 1 is 0.929 bits per heavy atom. The van der Waals surface area contributed by atoms with Crippen molar-refractivity contribution in [1.82, 2.24) is 4.90 Å². The summed E-state index contributed by atoms with van der Waals surface area (Å²) in [5.41, 5.74) is 0. The molecule has 1 heterocycles. The second kappa shape index (κ2) is 4.60. The van der Waals surface area contributed by atoms with Crippen LogP contribution in [0.5, 0.6) is 0 Å². The van der Waals surface area contributed by atoms with E-state index in [2.05, 4.69) is 4.90 Å². The van der Waals surface area contributed by atoms with Crippen molar-refractivity contribution in [1.29, 1.82) is 0 Å². The molecule has 0 spiro atoms. The molecule has 82 valence electrons. The fourth-order valence-corrected chi connectivity index (χ4v) is 2.80. The molecule has 2 fully saturated rings. The van der Waals surface area contributed by atoms with Gasteiger partial charge in [0.25, 0.3) is 0 Å². The predicted octanol–water partition coefficient (Wildman–Crippen LogP) is 0.747. The maximum Gasteiger partial charge on any atom is 0.0695 e. The Labute approximate surface area is 85.7 Å². The van der Waals surface area contributed by atoms with Crippen molar-refractivity contribution in [2.45, 2.75) is 56.8 Å². The molecule has 1 aliphatic heterocycles. The number of hydrogen-bond acceptors (Lipinski definition) is 3. The molecule has 0 aromatic rings. The van der Waals surface area contributed by atoms with Gasteiger partial charge in [0.2, 0.25) is 0 Å². The Bertz CT molecular complexity index is 186. The molecule has 0 aromatic carbocycles. The van der Waals surface area contributed by atoms with Gasteiger partial charge in [0.15, 0.2) is 0 Å². The van der Waals surface area contributed by atoms with E-state index in [4.69, 9.17) is 0 Å². The smallest absolute Gasteiger partial charge is 0.0695 e. The first-order valence-corrected chi connectivity index (χ1v) is 5.87. The number of likely N-dealkylation sites (tertiary alicyclic amines) is 1. The molecule has 3 nitrogen and oxygen atoms in total. The lowest BCUT2D eigenvalue weighted by atomic mass is 9.90. The second-order valence-corrected chi connectivity index (χ2v) is 4.71. The summed E-state index contributed by atoms with van der Waals surface area (Å²) in [5, 5.41) is 19.5. The van der Waals surface area contributed by atoms with Gasteiger partial charge in [-0.3, -0.25) is 4.90 Å². The monoisotopic (exact) mass is 199 g/mol. The number of hydrogen-bond donors (Lipinski definition) is 2. The summed E-state index contributed by atoms with van der Waals surface area (Å²) in [4.78, 5) is 2.29. The van der Waals surface area contributed by atoms with Gasteiger partial charge in [0.1, 0.15) is 0 Å². The quantitative estimate of drug-likeness (QED) is 0.655. The first kappa shape index (κ1) is 10.4. The van der Waals surface area contributed by atoms with Gasteiger partial charge >= 0.3 is 0 Å². The first-order chi connectivity index (χ1) is 6.77. The maximum atomic E-state index is 9.88. The molecule has 0 amide bonds. The van der Waals surface area contributed by atoms with Crippen LogP contribution in [0.15, 0.2) is 0 Å². The third-order valence-electron chi connectivity index (χ3n) is 3.59. The molecular weight excluding hydrogens is 178 g/mol. The number of β-amino-alcohol motifs (C(OH)–C–C–N with tert-alkyl or cyclic N) is 1. The minimum absolute atomic E-state index is 0.158. The van der Waals surface area contributed by atoms with Crippen molar-refractivity contribution in [3.63, 3.8) is 0 Å². The molecule has 1 saturated carbocycles. The van der Waals surface area contributed by atoms with Gasteiger partial charge in [0.05, 0.1) is 12.2 Å². The molecule has 1 saturated heterocycles. The zero-order valence-electron chi connectivity index (χ0n) is 8.73. The molecule has 1 aliphatic carbocycles. The summed E-state index contributed by atoms with van der Waals surface area (Å²) < 4.78 is 0. The van der Waals surface area contributed by atoms with Crippen molar-refractivity contribution >= 4 is 0 Å². The summed E-state index contributed by atoms with van der Waals surface area (Å²) >= 11 is 0. The average molecular weight is 199 g/mol. The van der Waals surface area contributed by atoms with E-state index in [1.807, 2.05) is 0 Å². The van der Waals surface area contributed by atoms with E-state index in [1.165, 1.54) is 6.42 Å². The largest absolute Gasteiger partial charge is 0.392 e. The van der Waals surface area contributed by atoms with Gasteiger partial charge in [0, 0.05) is 12.6 Å². The maximum absolute atomic E-state index is 9.88. The van der Waals surface area contributed by atoms with Crippen LogP contribution in [0.25, 0.3) is 0 Å². The molecule has 1 unspecified atom stereocenters. The van der Waals surface area contributed by atoms with Crippen LogP contribution in [-0.2, 0) is 0 Å². The molecule has 14 heavy (non-hydrogen) atoms. The minimum Gasteiger partial charge on any atom is -0.392 e. The van der Waals surface area contributed by atoms with E-state index in [9.17, 15) is 10.2 Å². The van der Waals surface area contributed by atoms with Crippen LogP contribution in [-0.4, -0.2) is 46.5 Å². The topological polar surface area (TPSA) is 43.7 Å². The van der Waals surface area contributed by atoms with Crippen molar-refractivity contribution < 1.29 is 10.2 Å². The molecule has 2 rings (SSSR count). The van der Waals surface area contributed by atoms with Crippen molar-refractivity contribution in [2.24, 2.45) is 0 Å². The number of piperidine rings is 1. The normalized spacial score (nSPS) is 41.1. The zero-order chi connectivity index (χ0) is 9.97. The standard InChI is InChI=1S/C11H21NO2/c13-9-4-3-7-12(8-9)10-5-1-2-6-11(10)14/h9-11,13-14H,1-8H2/t9?,10-,11-/m0/s1. The van der Waals surface area contributed by atoms with E-state index in [0.717, 1.165) is 45.2 Å². The number of nitrogens with zero attached hydrogens (tertiary/aromatic N) is 1. The predicted molar refractivity (Wildman–Crippen MR) is 55.1 cm³/mol. The van der Waals surface area contributed by atoms with Crippen LogP contribution < -0.4 is 0 Å². The van der Waals surface area contributed by atoms with Gasteiger partial charge in [-0.2, -0.15) is 0 Å². The Morgan fingerprint density at radius 2 is 1.71 bits per heavy atom. The molecular formula is C11H21NO2. The molecule has 0 aromatic heterocycles. The highest BCUT2D eigenvalue weighted by Crippen LogP contribution is 2.25. The van der Waals surface area contributed by atoms with Gasteiger partial charge in [-0.15, -0.1) is 0 Å². The van der Waals surface area contributed by atoms with Gasteiger partial charge < -0.3 is 10.2 Å². The molecule has 3 heteroatoms. The van der Waals surface area contributed by atoms with Crippen LogP contribution in [0.1, 0.15) is 38.5 Å². The number of rotatable bonds is 1. The van der Waals surface area contributed by atoms with Crippen molar-refractivity contribution in [3.8, 4) is 0 Å². The Kier molecular flexibility index (Phi) is 3.42. The minimum atomic E-state index is -0.169. The molecule has 3 atom stereocenters. The van der Waals surface area contributed by atoms with E-state index >= 15 is 0 Å². The Hall–Kier alpha value is -0.120. The summed E-state index contributed by atoms with van der Waals surface area (Å²) in [6, 6.07) is 0.318. The van der Waals surface area contributed by atoms with E-state index in [-0.39, 0.29) is 12.2 Å². The highest BCUT2D eigenvalue weighted by molar-refractivity contribution is 4.86. The van der Waals surface area contributed by atoms with Crippen LogP contribution in [0.3, 0.4) is 0 Å². The van der Waals surface area contributed by atoms with Crippen molar-refractivity contribution in [2.75, 3.05) is 13.1 Å². The van der Waals surface area contributed by atoms with Crippen LogP contribution in [0.2, 0.25) is 0 Å². The van der Waals surface area contributed by atoms with E-state index in [1.54, 1.807) is 0 Å². The zero-order valence-corrected chi connectivity index (χ0v) is 8.73. The third-order valence-corrected chi connectivity index (χ3v) is 3.59. The van der Waals surface area contributed by atoms with E-state index < -0.39 is 0 Å². The van der Waals surface area contributed by atoms with Gasteiger partial charge in [-0.1, -0.05) is 12.8 Å². The Balaban J connectivity index is 1.91. The van der Waals surface area contributed by atoms with Crippen molar-refractivity contribution in [3.05, 3.63) is 0 Å². The lowest BCUT2D eigenvalue weighted by molar-refractivity contribution is -0.0206. The summed E-state index contributed by atoms with van der Waals surface area (Å²) in [5.74, 6) is 0. The second-order valence-electron chi connectivity index (χ2n) is 4.71. The highest BCUT2D eigenvalue weighted by Gasteiger charge is 2.31. The molecule has 2 N–H and O–H groups in total. The number of aliphatic hydroxyl groups excluding tert-OH is 2. The first-order valence-electron chi connectivity index (χ1n) is 5.87. The fraction of sp³-hybridized carbons (Fsp3) is 1.00. The Morgan fingerprint density at radius 3 is 2.43 bits per heavy atom. The molecule has 2 aliphatic rings. The third kappa shape index (κ3) is 2.27. The molecule has 0 bridgehead atoms. The summed E-state index contributed by atoms with van der Waals surface area (Å²) in [6.07, 6.45) is 6.11. The number of aliphatic hydroxyl groups is 2. The summed E-state index contributed by atoms with van der Waals surface area (Å²) in [7, 11) is 0. The van der Waals surface area contributed by atoms with Crippen LogP contribution in [0, 0.1) is 0 Å². The lowest BCUT2D eigenvalue weighted by Gasteiger charge is -2.41.